The maximum Gasteiger partial charge on any atom is 0.203 e. The molecule has 2 rings (SSSR count). The van der Waals surface area contributed by atoms with Gasteiger partial charge >= 0.3 is 0 Å². The molecule has 0 bridgehead atoms. The number of nitrogens with one attached hydrogen (secondary N) is 1. The summed E-state index contributed by atoms with van der Waals surface area (Å²) in [6, 6.07) is 2.05. The highest BCUT2D eigenvalue weighted by Gasteiger charge is 2.07. The zero-order valence-corrected chi connectivity index (χ0v) is 12.1. The predicted octanol–water partition coefficient (Wildman–Crippen LogP) is 3.16. The molecular weight excluding hydrogens is 236 g/mol. The van der Waals surface area contributed by atoms with E-state index in [2.05, 4.69) is 46.8 Å². The summed E-state index contributed by atoms with van der Waals surface area (Å²) in [4.78, 5) is 8.66. The van der Waals surface area contributed by atoms with Gasteiger partial charge in [-0.1, -0.05) is 13.8 Å². The van der Waals surface area contributed by atoms with Crippen molar-refractivity contribution in [3.8, 4) is 0 Å². The zero-order chi connectivity index (χ0) is 13.8. The lowest BCUT2D eigenvalue weighted by atomic mass is 10.1. The van der Waals surface area contributed by atoms with E-state index in [0.717, 1.165) is 24.7 Å². The molecule has 0 aliphatic carbocycles. The number of pyridine rings is 1. The molecule has 4 heteroatoms. The first-order chi connectivity index (χ1) is 9.06. The molecule has 0 spiro atoms. The summed E-state index contributed by atoms with van der Waals surface area (Å²) in [5.74, 6) is 1.55. The van der Waals surface area contributed by atoms with E-state index >= 15 is 0 Å². The fourth-order valence-electron chi connectivity index (χ4n) is 2.10. The molecule has 2 heterocycles. The Balaban J connectivity index is 2.09. The van der Waals surface area contributed by atoms with Crippen molar-refractivity contribution in [2.75, 3.05) is 5.32 Å². The van der Waals surface area contributed by atoms with Crippen LogP contribution in [0.15, 0.2) is 24.7 Å². The van der Waals surface area contributed by atoms with Gasteiger partial charge in [0.2, 0.25) is 5.95 Å². The number of hydrogen-bond donors (Lipinski definition) is 1. The summed E-state index contributed by atoms with van der Waals surface area (Å²) in [5, 5.41) is 3.42. The normalized spacial score (nSPS) is 11.0. The molecule has 1 N–H and O–H groups in total. The van der Waals surface area contributed by atoms with Crippen LogP contribution in [0.4, 0.5) is 5.95 Å². The second-order valence-corrected chi connectivity index (χ2v) is 5.41. The monoisotopic (exact) mass is 258 g/mol. The quantitative estimate of drug-likeness (QED) is 0.895. The van der Waals surface area contributed by atoms with Gasteiger partial charge in [0.25, 0.3) is 0 Å². The largest absolute Gasteiger partial charge is 0.352 e. The molecule has 0 fully saturated rings. The lowest BCUT2D eigenvalue weighted by molar-refractivity contribution is 0.526. The fourth-order valence-corrected chi connectivity index (χ4v) is 2.10. The lowest BCUT2D eigenvalue weighted by Crippen LogP contribution is -2.10. The minimum Gasteiger partial charge on any atom is -0.352 e. The van der Waals surface area contributed by atoms with Gasteiger partial charge in [0.1, 0.15) is 0 Å². The molecular formula is C15H22N4. The van der Waals surface area contributed by atoms with Crippen molar-refractivity contribution in [2.45, 2.75) is 40.8 Å². The van der Waals surface area contributed by atoms with Crippen LogP contribution in [0.2, 0.25) is 0 Å². The van der Waals surface area contributed by atoms with Crippen molar-refractivity contribution in [1.29, 1.82) is 0 Å². The third-order valence-corrected chi connectivity index (χ3v) is 3.03. The van der Waals surface area contributed by atoms with Gasteiger partial charge in [0.15, 0.2) is 0 Å². The number of aryl methyl sites for hydroxylation is 2. The first-order valence-corrected chi connectivity index (χ1v) is 6.73. The summed E-state index contributed by atoms with van der Waals surface area (Å²) >= 11 is 0. The fraction of sp³-hybridized carbons (Fsp3) is 0.467. The molecule has 0 aliphatic heterocycles. The SMILES string of the molecule is Cc1cn(CC(C)C)c(NCc2ccncc2C)n1. The number of rotatable bonds is 5. The average Bonchev–Trinajstić information content (AvgIpc) is 2.67. The van der Waals surface area contributed by atoms with Gasteiger partial charge in [-0.2, -0.15) is 0 Å². The van der Waals surface area contributed by atoms with Crippen LogP contribution < -0.4 is 5.32 Å². The molecule has 0 aromatic carbocycles. The smallest absolute Gasteiger partial charge is 0.203 e. The number of hydrogen-bond acceptors (Lipinski definition) is 3. The van der Waals surface area contributed by atoms with Crippen LogP contribution in [0.1, 0.15) is 30.7 Å². The van der Waals surface area contributed by atoms with Crippen molar-refractivity contribution in [3.05, 3.63) is 41.5 Å². The maximum absolute atomic E-state index is 4.54. The molecule has 2 aromatic rings. The van der Waals surface area contributed by atoms with E-state index in [1.165, 1.54) is 11.1 Å². The van der Waals surface area contributed by atoms with E-state index in [1.807, 2.05) is 25.4 Å². The predicted molar refractivity (Wildman–Crippen MR) is 78.1 cm³/mol. The van der Waals surface area contributed by atoms with Crippen molar-refractivity contribution in [2.24, 2.45) is 5.92 Å². The van der Waals surface area contributed by atoms with Crippen LogP contribution in [0.5, 0.6) is 0 Å². The highest BCUT2D eigenvalue weighted by molar-refractivity contribution is 5.32. The van der Waals surface area contributed by atoms with Gasteiger partial charge in [-0.05, 0) is 37.0 Å². The van der Waals surface area contributed by atoms with Crippen LogP contribution in [0, 0.1) is 19.8 Å². The van der Waals surface area contributed by atoms with Crippen LogP contribution >= 0.6 is 0 Å². The van der Waals surface area contributed by atoms with E-state index in [4.69, 9.17) is 0 Å². The van der Waals surface area contributed by atoms with Crippen molar-refractivity contribution >= 4 is 5.95 Å². The van der Waals surface area contributed by atoms with Crippen LogP contribution in [-0.2, 0) is 13.1 Å². The molecule has 0 saturated carbocycles. The van der Waals surface area contributed by atoms with Gasteiger partial charge < -0.3 is 9.88 Å². The molecule has 0 aliphatic rings. The molecule has 0 unspecified atom stereocenters. The summed E-state index contributed by atoms with van der Waals surface area (Å²) < 4.78 is 2.19. The van der Waals surface area contributed by atoms with E-state index in [0.29, 0.717) is 5.92 Å². The summed E-state index contributed by atoms with van der Waals surface area (Å²) in [6.45, 7) is 10.3. The number of nitrogens with zero attached hydrogens (tertiary/aromatic N) is 3. The molecule has 4 nitrogen and oxygen atoms in total. The van der Waals surface area contributed by atoms with Gasteiger partial charge in [-0.3, -0.25) is 4.98 Å². The first-order valence-electron chi connectivity index (χ1n) is 6.73. The lowest BCUT2D eigenvalue weighted by Gasteiger charge is -2.12. The van der Waals surface area contributed by atoms with Gasteiger partial charge in [-0.25, -0.2) is 4.98 Å². The topological polar surface area (TPSA) is 42.7 Å². The standard InChI is InChI=1S/C15H22N4/c1-11(2)9-19-10-13(4)18-15(19)17-8-14-5-6-16-7-12(14)3/h5-7,10-11H,8-9H2,1-4H3,(H,17,18). The van der Waals surface area contributed by atoms with Crippen molar-refractivity contribution in [1.82, 2.24) is 14.5 Å². The minimum absolute atomic E-state index is 0.608. The third-order valence-electron chi connectivity index (χ3n) is 3.03. The molecule has 102 valence electrons. The van der Waals surface area contributed by atoms with Crippen molar-refractivity contribution < 1.29 is 0 Å². The van der Waals surface area contributed by atoms with Crippen molar-refractivity contribution in [3.63, 3.8) is 0 Å². The molecule has 0 amide bonds. The summed E-state index contributed by atoms with van der Waals surface area (Å²) in [5.41, 5.74) is 3.51. The van der Waals surface area contributed by atoms with Crippen LogP contribution in [0.3, 0.4) is 0 Å². The zero-order valence-electron chi connectivity index (χ0n) is 12.1. The van der Waals surface area contributed by atoms with Crippen LogP contribution in [-0.4, -0.2) is 14.5 Å². The Kier molecular flexibility index (Phi) is 4.20. The van der Waals surface area contributed by atoms with E-state index in [1.54, 1.807) is 0 Å². The second kappa shape index (κ2) is 5.87. The number of aromatic nitrogens is 3. The Hall–Kier alpha value is -1.84. The number of anilines is 1. The summed E-state index contributed by atoms with van der Waals surface area (Å²) in [6.07, 6.45) is 5.82. The second-order valence-electron chi connectivity index (χ2n) is 5.41. The van der Waals surface area contributed by atoms with E-state index < -0.39 is 0 Å². The highest BCUT2D eigenvalue weighted by atomic mass is 15.2. The Morgan fingerprint density at radius 2 is 2.11 bits per heavy atom. The van der Waals surface area contributed by atoms with Gasteiger partial charge in [0, 0.05) is 31.7 Å². The minimum atomic E-state index is 0.608. The molecule has 2 aromatic heterocycles. The highest BCUT2D eigenvalue weighted by Crippen LogP contribution is 2.13. The Morgan fingerprint density at radius 3 is 2.79 bits per heavy atom. The van der Waals surface area contributed by atoms with E-state index in [-0.39, 0.29) is 0 Å². The van der Waals surface area contributed by atoms with Gasteiger partial charge in [0.05, 0.1) is 5.69 Å². The molecule has 0 saturated heterocycles. The Labute approximate surface area is 114 Å². The van der Waals surface area contributed by atoms with E-state index in [9.17, 15) is 0 Å². The first kappa shape index (κ1) is 13.6. The van der Waals surface area contributed by atoms with Crippen LogP contribution in [0.25, 0.3) is 0 Å². The Morgan fingerprint density at radius 1 is 1.32 bits per heavy atom. The average molecular weight is 258 g/mol. The summed E-state index contributed by atoms with van der Waals surface area (Å²) in [7, 11) is 0. The molecule has 0 atom stereocenters. The molecule has 19 heavy (non-hydrogen) atoms. The van der Waals surface area contributed by atoms with Gasteiger partial charge in [-0.15, -0.1) is 0 Å². The number of imidazole rings is 1. The molecule has 0 radical (unpaired) electrons. The third kappa shape index (κ3) is 3.56. The maximum atomic E-state index is 4.54. The Bertz CT molecular complexity index is 543.